The molecule has 0 saturated heterocycles. The van der Waals surface area contributed by atoms with E-state index in [1.54, 1.807) is 0 Å². The monoisotopic (exact) mass is 176 g/mol. The fourth-order valence-electron chi connectivity index (χ4n) is 1.44. The van der Waals surface area contributed by atoms with E-state index in [-0.39, 0.29) is 0 Å². The molecule has 1 aromatic rings. The summed E-state index contributed by atoms with van der Waals surface area (Å²) in [4.78, 5) is 0. The van der Waals surface area contributed by atoms with Crippen molar-refractivity contribution in [2.75, 3.05) is 12.8 Å². The zero-order valence-corrected chi connectivity index (χ0v) is 7.50. The maximum Gasteiger partial charge on any atom is 0.130 e. The first-order valence-corrected chi connectivity index (χ1v) is 4.22. The van der Waals surface area contributed by atoms with Crippen LogP contribution in [0.15, 0.2) is 30.2 Å². The Labute approximate surface area is 77.2 Å². The minimum absolute atomic E-state index is 0.785. The molecule has 0 amide bonds. The van der Waals surface area contributed by atoms with Crippen LogP contribution in [-0.4, -0.2) is 7.05 Å². The van der Waals surface area contributed by atoms with Crippen LogP contribution in [-0.2, 0) is 6.42 Å². The molecule has 0 radical (unpaired) electrons. The van der Waals surface area contributed by atoms with Crippen LogP contribution in [0.1, 0.15) is 5.56 Å². The van der Waals surface area contributed by atoms with Gasteiger partial charge in [0, 0.05) is 30.9 Å². The molecule has 1 aromatic carbocycles. The Hall–Kier alpha value is -1.64. The number of allylic oxidation sites excluding steroid dienone is 1. The number of hydrogen-bond donors (Lipinski definition) is 2. The Kier molecular flexibility index (Phi) is 1.85. The van der Waals surface area contributed by atoms with E-state index in [1.807, 2.05) is 31.4 Å². The van der Waals surface area contributed by atoms with Crippen LogP contribution in [0, 0.1) is 0 Å². The topological polar surface area (TPSA) is 47.3 Å². The van der Waals surface area contributed by atoms with Gasteiger partial charge in [-0.15, -0.1) is 0 Å². The second kappa shape index (κ2) is 3.01. The quantitative estimate of drug-likeness (QED) is 0.633. The lowest BCUT2D eigenvalue weighted by Crippen LogP contribution is -1.98. The Morgan fingerprint density at radius 1 is 1.54 bits per heavy atom. The van der Waals surface area contributed by atoms with Crippen molar-refractivity contribution >= 4 is 5.69 Å². The smallest absolute Gasteiger partial charge is 0.130 e. The fraction of sp³-hybridized carbons (Fsp3) is 0.200. The van der Waals surface area contributed by atoms with Gasteiger partial charge >= 0.3 is 0 Å². The first-order valence-electron chi connectivity index (χ1n) is 4.22. The lowest BCUT2D eigenvalue weighted by atomic mass is 10.1. The molecule has 0 unspecified atom stereocenters. The van der Waals surface area contributed by atoms with Gasteiger partial charge < -0.3 is 15.8 Å². The summed E-state index contributed by atoms with van der Waals surface area (Å²) in [7, 11) is 1.85. The average Bonchev–Trinajstić information content (AvgIpc) is 2.46. The third-order valence-electron chi connectivity index (χ3n) is 2.00. The largest absolute Gasteiger partial charge is 0.460 e. The molecule has 1 heterocycles. The van der Waals surface area contributed by atoms with E-state index in [9.17, 15) is 0 Å². The van der Waals surface area contributed by atoms with E-state index < -0.39 is 0 Å². The maximum absolute atomic E-state index is 5.66. The van der Waals surface area contributed by atoms with Crippen molar-refractivity contribution in [2.24, 2.45) is 0 Å². The van der Waals surface area contributed by atoms with E-state index in [0.29, 0.717) is 0 Å². The zero-order valence-electron chi connectivity index (χ0n) is 7.50. The van der Waals surface area contributed by atoms with E-state index in [0.717, 1.165) is 29.2 Å². The number of nitrogens with one attached hydrogen (secondary N) is 1. The molecule has 0 fully saturated rings. The SMILES string of the molecule is CN/C=C1/Cc2cc(N)ccc2O1. The number of fused-ring (bicyclic) bond motifs is 1. The number of hydrogen-bond acceptors (Lipinski definition) is 3. The van der Waals surface area contributed by atoms with Crippen LogP contribution < -0.4 is 15.8 Å². The van der Waals surface area contributed by atoms with Crippen LogP contribution in [0.3, 0.4) is 0 Å². The Bertz CT molecular complexity index is 358. The molecular formula is C10H12N2O. The second-order valence-corrected chi connectivity index (χ2v) is 3.05. The van der Waals surface area contributed by atoms with Crippen LogP contribution >= 0.6 is 0 Å². The summed E-state index contributed by atoms with van der Waals surface area (Å²) in [6.07, 6.45) is 2.68. The lowest BCUT2D eigenvalue weighted by molar-refractivity contribution is 0.442. The third kappa shape index (κ3) is 1.45. The molecule has 1 aliphatic rings. The molecule has 0 spiro atoms. The number of benzene rings is 1. The summed E-state index contributed by atoms with van der Waals surface area (Å²) in [5.41, 5.74) is 7.60. The van der Waals surface area contributed by atoms with Crippen molar-refractivity contribution in [2.45, 2.75) is 6.42 Å². The molecule has 68 valence electrons. The number of rotatable bonds is 1. The minimum Gasteiger partial charge on any atom is -0.460 e. The van der Waals surface area contributed by atoms with Crippen LogP contribution in [0.2, 0.25) is 0 Å². The Balaban J connectivity index is 2.30. The van der Waals surface area contributed by atoms with E-state index in [4.69, 9.17) is 10.5 Å². The highest BCUT2D eigenvalue weighted by Gasteiger charge is 2.16. The molecule has 0 aromatic heterocycles. The molecule has 3 nitrogen and oxygen atoms in total. The molecule has 0 saturated carbocycles. The molecule has 1 aliphatic heterocycles. The highest BCUT2D eigenvalue weighted by atomic mass is 16.5. The molecule has 13 heavy (non-hydrogen) atoms. The molecule has 3 N–H and O–H groups in total. The summed E-state index contributed by atoms with van der Waals surface area (Å²) >= 11 is 0. The van der Waals surface area contributed by atoms with Crippen molar-refractivity contribution < 1.29 is 4.74 Å². The van der Waals surface area contributed by atoms with Gasteiger partial charge in [-0.1, -0.05) is 0 Å². The van der Waals surface area contributed by atoms with Gasteiger partial charge in [0.05, 0.1) is 0 Å². The fourth-order valence-corrected chi connectivity index (χ4v) is 1.44. The lowest BCUT2D eigenvalue weighted by Gasteiger charge is -1.98. The van der Waals surface area contributed by atoms with Crippen LogP contribution in [0.25, 0.3) is 0 Å². The van der Waals surface area contributed by atoms with Gasteiger partial charge in [-0.25, -0.2) is 0 Å². The first-order chi connectivity index (χ1) is 6.29. The molecule has 2 rings (SSSR count). The summed E-state index contributed by atoms with van der Waals surface area (Å²) in [5.74, 6) is 1.85. The molecule has 0 atom stereocenters. The van der Waals surface area contributed by atoms with Crippen molar-refractivity contribution in [1.82, 2.24) is 5.32 Å². The number of nitrogen functional groups attached to an aromatic ring is 1. The maximum atomic E-state index is 5.66. The number of anilines is 1. The minimum atomic E-state index is 0.785. The van der Waals surface area contributed by atoms with Gasteiger partial charge in [0.15, 0.2) is 0 Å². The van der Waals surface area contributed by atoms with Gasteiger partial charge in [-0.05, 0) is 18.2 Å². The third-order valence-corrected chi connectivity index (χ3v) is 2.00. The van der Waals surface area contributed by atoms with E-state index >= 15 is 0 Å². The Morgan fingerprint density at radius 3 is 3.15 bits per heavy atom. The summed E-state index contributed by atoms with van der Waals surface area (Å²) in [6.45, 7) is 0. The van der Waals surface area contributed by atoms with Gasteiger partial charge in [0.25, 0.3) is 0 Å². The second-order valence-electron chi connectivity index (χ2n) is 3.05. The van der Waals surface area contributed by atoms with Gasteiger partial charge in [-0.2, -0.15) is 0 Å². The van der Waals surface area contributed by atoms with Crippen molar-refractivity contribution in [3.8, 4) is 5.75 Å². The Morgan fingerprint density at radius 2 is 2.38 bits per heavy atom. The number of ether oxygens (including phenoxy) is 1. The predicted octanol–water partition coefficient (Wildman–Crippen LogP) is 1.26. The van der Waals surface area contributed by atoms with E-state index in [1.165, 1.54) is 0 Å². The highest BCUT2D eigenvalue weighted by Crippen LogP contribution is 2.31. The van der Waals surface area contributed by atoms with E-state index in [2.05, 4.69) is 5.32 Å². The van der Waals surface area contributed by atoms with Crippen LogP contribution in [0.4, 0.5) is 5.69 Å². The van der Waals surface area contributed by atoms with Crippen molar-refractivity contribution in [3.63, 3.8) is 0 Å². The predicted molar refractivity (Wildman–Crippen MR) is 52.3 cm³/mol. The zero-order chi connectivity index (χ0) is 9.26. The molecule has 0 aliphatic carbocycles. The molecule has 0 bridgehead atoms. The summed E-state index contributed by atoms with van der Waals surface area (Å²) in [6, 6.07) is 5.70. The summed E-state index contributed by atoms with van der Waals surface area (Å²) < 4.78 is 5.55. The standard InChI is InChI=1S/C10H12N2O/c1-12-6-9-5-7-4-8(11)2-3-10(7)13-9/h2-4,6,12H,5,11H2,1H3/b9-6-. The normalized spacial score (nSPS) is 16.8. The van der Waals surface area contributed by atoms with Crippen LogP contribution in [0.5, 0.6) is 5.75 Å². The van der Waals surface area contributed by atoms with Gasteiger partial charge in [0.2, 0.25) is 0 Å². The van der Waals surface area contributed by atoms with Crippen molar-refractivity contribution in [1.29, 1.82) is 0 Å². The molecule has 3 heteroatoms. The molecular weight excluding hydrogens is 164 g/mol. The number of nitrogens with two attached hydrogens (primary N) is 1. The average molecular weight is 176 g/mol. The highest BCUT2D eigenvalue weighted by molar-refractivity contribution is 5.51. The first kappa shape index (κ1) is 7.98. The van der Waals surface area contributed by atoms with Gasteiger partial charge in [-0.3, -0.25) is 0 Å². The summed E-state index contributed by atoms with van der Waals surface area (Å²) in [5, 5.41) is 2.94. The van der Waals surface area contributed by atoms with Gasteiger partial charge in [0.1, 0.15) is 11.5 Å². The van der Waals surface area contributed by atoms with Crippen molar-refractivity contribution in [3.05, 3.63) is 35.7 Å².